The molecule has 1 aromatic rings. The average Bonchev–Trinajstić information content (AvgIpc) is 2.32. The second kappa shape index (κ2) is 3.10. The van der Waals surface area contributed by atoms with Crippen molar-refractivity contribution < 1.29 is 4.52 Å². The van der Waals surface area contributed by atoms with Gasteiger partial charge in [-0.3, -0.25) is 0 Å². The van der Waals surface area contributed by atoms with Crippen LogP contribution in [0.4, 0.5) is 6.01 Å². The summed E-state index contributed by atoms with van der Waals surface area (Å²) in [6.45, 7) is 4.88. The molecular weight excluding hydrogens is 156 g/mol. The summed E-state index contributed by atoms with van der Waals surface area (Å²) in [5.41, 5.74) is 0. The third kappa shape index (κ3) is 1.55. The summed E-state index contributed by atoms with van der Waals surface area (Å²) in [4.78, 5) is 4.03. The number of nitrogens with zero attached hydrogens (tertiary/aromatic N) is 2. The molecule has 0 saturated carbocycles. The highest BCUT2D eigenvalue weighted by molar-refractivity contribution is 5.18. The van der Waals surface area contributed by atoms with E-state index in [1.165, 1.54) is 0 Å². The third-order valence-corrected chi connectivity index (χ3v) is 1.94. The van der Waals surface area contributed by atoms with Crippen LogP contribution in [0.25, 0.3) is 0 Å². The van der Waals surface area contributed by atoms with Crippen molar-refractivity contribution in [3.05, 3.63) is 5.82 Å². The van der Waals surface area contributed by atoms with Crippen LogP contribution in [0.15, 0.2) is 4.52 Å². The third-order valence-electron chi connectivity index (χ3n) is 1.94. The molecule has 0 amide bonds. The first-order chi connectivity index (χ1) is 5.84. The van der Waals surface area contributed by atoms with Crippen molar-refractivity contribution in [2.75, 3.05) is 25.0 Å². The lowest BCUT2D eigenvalue weighted by Gasteiger charge is -2.26. The lowest BCUT2D eigenvalue weighted by molar-refractivity contribution is 0.357. The van der Waals surface area contributed by atoms with Gasteiger partial charge in [-0.2, -0.15) is 4.98 Å². The number of hydrogen-bond acceptors (Lipinski definition) is 5. The molecule has 12 heavy (non-hydrogen) atoms. The molecule has 0 aliphatic carbocycles. The molecule has 0 unspecified atom stereocenters. The van der Waals surface area contributed by atoms with Crippen LogP contribution in [0.1, 0.15) is 5.82 Å². The van der Waals surface area contributed by atoms with Crippen LogP contribution >= 0.6 is 0 Å². The van der Waals surface area contributed by atoms with Crippen LogP contribution < -0.4 is 10.6 Å². The molecule has 1 aliphatic heterocycles. The molecule has 1 fully saturated rings. The molecule has 5 nitrogen and oxygen atoms in total. The number of aromatic nitrogens is 2. The Hall–Kier alpha value is -1.10. The summed E-state index contributed by atoms with van der Waals surface area (Å²) < 4.78 is 4.89. The molecule has 1 aromatic heterocycles. The number of aryl methyl sites for hydroxylation is 1. The number of hydrogen-bond donors (Lipinski definition) is 2. The van der Waals surface area contributed by atoms with Gasteiger partial charge in [-0.25, -0.2) is 0 Å². The molecule has 0 bridgehead atoms. The van der Waals surface area contributed by atoms with E-state index in [4.69, 9.17) is 4.52 Å². The van der Waals surface area contributed by atoms with E-state index >= 15 is 0 Å². The lowest BCUT2D eigenvalue weighted by Crippen LogP contribution is -2.45. The Labute approximate surface area is 70.5 Å². The van der Waals surface area contributed by atoms with Gasteiger partial charge in [0.1, 0.15) is 0 Å². The molecule has 0 spiro atoms. The van der Waals surface area contributed by atoms with Crippen LogP contribution in [-0.2, 0) is 0 Å². The SMILES string of the molecule is Cc1noc(NCC2CNC2)n1. The minimum Gasteiger partial charge on any atom is -0.337 e. The first-order valence-corrected chi connectivity index (χ1v) is 4.09. The van der Waals surface area contributed by atoms with Gasteiger partial charge in [-0.1, -0.05) is 5.16 Å². The summed E-state index contributed by atoms with van der Waals surface area (Å²) in [5, 5.41) is 9.96. The smallest absolute Gasteiger partial charge is 0.321 e. The average molecular weight is 168 g/mol. The predicted molar refractivity (Wildman–Crippen MR) is 43.9 cm³/mol. The van der Waals surface area contributed by atoms with Gasteiger partial charge in [0.25, 0.3) is 0 Å². The summed E-state index contributed by atoms with van der Waals surface area (Å²) >= 11 is 0. The largest absolute Gasteiger partial charge is 0.337 e. The van der Waals surface area contributed by atoms with E-state index in [-0.39, 0.29) is 0 Å². The molecule has 66 valence electrons. The van der Waals surface area contributed by atoms with E-state index < -0.39 is 0 Å². The van der Waals surface area contributed by atoms with E-state index in [2.05, 4.69) is 20.8 Å². The van der Waals surface area contributed by atoms with Crippen molar-refractivity contribution in [1.29, 1.82) is 0 Å². The Morgan fingerprint density at radius 1 is 1.67 bits per heavy atom. The maximum absolute atomic E-state index is 4.89. The number of nitrogens with one attached hydrogen (secondary N) is 2. The van der Waals surface area contributed by atoms with Gasteiger partial charge in [0, 0.05) is 25.6 Å². The molecule has 2 heterocycles. The Balaban J connectivity index is 1.79. The van der Waals surface area contributed by atoms with Crippen LogP contribution in [0.2, 0.25) is 0 Å². The fourth-order valence-corrected chi connectivity index (χ4v) is 1.09. The minimum atomic E-state index is 0.527. The van der Waals surface area contributed by atoms with Crippen molar-refractivity contribution in [2.24, 2.45) is 5.92 Å². The molecule has 0 atom stereocenters. The molecule has 2 N–H and O–H groups in total. The highest BCUT2D eigenvalue weighted by Gasteiger charge is 2.16. The first-order valence-electron chi connectivity index (χ1n) is 4.09. The Bertz CT molecular complexity index is 256. The van der Waals surface area contributed by atoms with E-state index in [1.807, 2.05) is 0 Å². The fourth-order valence-electron chi connectivity index (χ4n) is 1.09. The van der Waals surface area contributed by atoms with E-state index in [1.54, 1.807) is 6.92 Å². The second-order valence-electron chi connectivity index (χ2n) is 3.05. The lowest BCUT2D eigenvalue weighted by atomic mass is 10.0. The fraction of sp³-hybridized carbons (Fsp3) is 0.714. The zero-order chi connectivity index (χ0) is 8.39. The van der Waals surface area contributed by atoms with Gasteiger partial charge in [0.15, 0.2) is 5.82 Å². The molecular formula is C7H12N4O. The van der Waals surface area contributed by atoms with Gasteiger partial charge in [-0.15, -0.1) is 0 Å². The van der Waals surface area contributed by atoms with E-state index in [0.717, 1.165) is 19.6 Å². The molecule has 1 saturated heterocycles. The Morgan fingerprint density at radius 3 is 3.00 bits per heavy atom. The second-order valence-corrected chi connectivity index (χ2v) is 3.05. The van der Waals surface area contributed by atoms with Gasteiger partial charge in [0.2, 0.25) is 0 Å². The van der Waals surface area contributed by atoms with Gasteiger partial charge >= 0.3 is 6.01 Å². The molecule has 1 aliphatic rings. The van der Waals surface area contributed by atoms with Crippen LogP contribution in [0, 0.1) is 12.8 Å². The summed E-state index contributed by atoms with van der Waals surface area (Å²) in [7, 11) is 0. The number of anilines is 1. The molecule has 0 radical (unpaired) electrons. The highest BCUT2D eigenvalue weighted by Crippen LogP contribution is 2.06. The van der Waals surface area contributed by atoms with Crippen LogP contribution in [0.3, 0.4) is 0 Å². The monoisotopic (exact) mass is 168 g/mol. The molecule has 0 aromatic carbocycles. The number of rotatable bonds is 3. The van der Waals surface area contributed by atoms with E-state index in [0.29, 0.717) is 17.8 Å². The van der Waals surface area contributed by atoms with Crippen LogP contribution in [0.5, 0.6) is 0 Å². The zero-order valence-corrected chi connectivity index (χ0v) is 7.00. The summed E-state index contributed by atoms with van der Waals surface area (Å²) in [6, 6.07) is 0.527. The van der Waals surface area contributed by atoms with Gasteiger partial charge < -0.3 is 15.2 Å². The quantitative estimate of drug-likeness (QED) is 0.665. The first kappa shape index (κ1) is 7.54. The predicted octanol–water partition coefficient (Wildman–Crippen LogP) is 0.00932. The molecule has 5 heteroatoms. The topological polar surface area (TPSA) is 63.0 Å². The minimum absolute atomic E-state index is 0.527. The van der Waals surface area contributed by atoms with E-state index in [9.17, 15) is 0 Å². The van der Waals surface area contributed by atoms with Crippen molar-refractivity contribution in [3.8, 4) is 0 Å². The highest BCUT2D eigenvalue weighted by atomic mass is 16.5. The van der Waals surface area contributed by atoms with Crippen molar-refractivity contribution in [1.82, 2.24) is 15.5 Å². The van der Waals surface area contributed by atoms with Gasteiger partial charge in [0.05, 0.1) is 0 Å². The van der Waals surface area contributed by atoms with Crippen molar-refractivity contribution >= 4 is 6.01 Å². The van der Waals surface area contributed by atoms with Crippen molar-refractivity contribution in [3.63, 3.8) is 0 Å². The molecule has 2 rings (SSSR count). The summed E-state index contributed by atoms with van der Waals surface area (Å²) in [6.07, 6.45) is 0. The van der Waals surface area contributed by atoms with Gasteiger partial charge in [-0.05, 0) is 6.92 Å². The standard InChI is InChI=1S/C7H12N4O/c1-5-10-7(12-11-5)9-4-6-2-8-3-6/h6,8H,2-4H2,1H3,(H,9,10,11). The summed E-state index contributed by atoms with van der Waals surface area (Å²) in [5.74, 6) is 1.38. The maximum Gasteiger partial charge on any atom is 0.321 e. The van der Waals surface area contributed by atoms with Crippen molar-refractivity contribution in [2.45, 2.75) is 6.92 Å². The van der Waals surface area contributed by atoms with Crippen LogP contribution in [-0.4, -0.2) is 29.8 Å². The maximum atomic E-state index is 4.89. The normalized spacial score (nSPS) is 17.4. The Morgan fingerprint density at radius 2 is 2.50 bits per heavy atom. The Kier molecular flexibility index (Phi) is 1.95. The zero-order valence-electron chi connectivity index (χ0n) is 7.00.